The van der Waals surface area contributed by atoms with Crippen LogP contribution in [-0.4, -0.2) is 25.5 Å². The Morgan fingerprint density at radius 3 is 2.38 bits per heavy atom. The van der Waals surface area contributed by atoms with Crippen molar-refractivity contribution in [2.24, 2.45) is 0 Å². The van der Waals surface area contributed by atoms with Crippen molar-refractivity contribution in [1.82, 2.24) is 0 Å². The van der Waals surface area contributed by atoms with Crippen LogP contribution in [0.5, 0.6) is 5.75 Å². The molecule has 0 unspecified atom stereocenters. The Balaban J connectivity index is 2.91. The molecule has 0 saturated carbocycles. The Morgan fingerprint density at radius 2 is 1.94 bits per heavy atom. The molecule has 16 heavy (non-hydrogen) atoms. The predicted octanol–water partition coefficient (Wildman–Crippen LogP) is 2.65. The summed E-state index contributed by atoms with van der Waals surface area (Å²) in [7, 11) is 2.98. The highest BCUT2D eigenvalue weighted by molar-refractivity contribution is 9.09. The number of benzene rings is 1. The second kappa shape index (κ2) is 6.33. The first-order valence-corrected chi connectivity index (χ1v) is 5.82. The first-order chi connectivity index (χ1) is 7.71. The minimum absolute atomic E-state index is 0.326. The molecular weight excluding hydrogens is 272 g/mol. The van der Waals surface area contributed by atoms with Crippen molar-refractivity contribution >= 4 is 28.0 Å². The van der Waals surface area contributed by atoms with Crippen LogP contribution in [0.15, 0.2) is 29.8 Å². The number of ether oxygens (including phenoxy) is 2. The van der Waals surface area contributed by atoms with Crippen LogP contribution in [0.3, 0.4) is 0 Å². The molecule has 0 aromatic heterocycles. The molecule has 0 spiro atoms. The Labute approximate surface area is 103 Å². The molecule has 0 amide bonds. The van der Waals surface area contributed by atoms with E-state index in [-0.39, 0.29) is 5.97 Å². The average molecular weight is 285 g/mol. The molecule has 0 atom stereocenters. The van der Waals surface area contributed by atoms with E-state index in [0.717, 1.165) is 11.3 Å². The van der Waals surface area contributed by atoms with Crippen LogP contribution in [-0.2, 0) is 9.53 Å². The molecule has 0 N–H and O–H groups in total. The first-order valence-electron chi connectivity index (χ1n) is 4.70. The summed E-state index contributed by atoms with van der Waals surface area (Å²) in [4.78, 5) is 11.3. The Hall–Kier alpha value is -1.29. The van der Waals surface area contributed by atoms with E-state index in [0.29, 0.717) is 10.9 Å². The van der Waals surface area contributed by atoms with E-state index in [2.05, 4.69) is 20.7 Å². The molecule has 0 bridgehead atoms. The van der Waals surface area contributed by atoms with Gasteiger partial charge in [0.2, 0.25) is 0 Å². The maximum atomic E-state index is 11.3. The third-order valence-corrected chi connectivity index (χ3v) is 2.65. The van der Waals surface area contributed by atoms with Gasteiger partial charge in [-0.15, -0.1) is 0 Å². The third-order valence-electron chi connectivity index (χ3n) is 2.05. The minimum Gasteiger partial charge on any atom is -0.497 e. The minimum atomic E-state index is -0.326. The largest absolute Gasteiger partial charge is 0.497 e. The average Bonchev–Trinajstić information content (AvgIpc) is 2.35. The van der Waals surface area contributed by atoms with Gasteiger partial charge in [0.1, 0.15) is 5.75 Å². The Bertz CT molecular complexity index is 382. The molecule has 4 heteroatoms. The van der Waals surface area contributed by atoms with Crippen LogP contribution in [0, 0.1) is 0 Å². The van der Waals surface area contributed by atoms with E-state index in [4.69, 9.17) is 4.74 Å². The number of carbonyl (C=O) groups excluding carboxylic acids is 1. The van der Waals surface area contributed by atoms with Gasteiger partial charge in [0, 0.05) is 10.9 Å². The van der Waals surface area contributed by atoms with Crippen LogP contribution in [0.4, 0.5) is 0 Å². The monoisotopic (exact) mass is 284 g/mol. The standard InChI is InChI=1S/C12H13BrO3/c1-15-11-5-3-9(4-6-11)7-10(8-13)12(14)16-2/h3-7H,8H2,1-2H3/b10-7+. The quantitative estimate of drug-likeness (QED) is 0.484. The van der Waals surface area contributed by atoms with Gasteiger partial charge in [-0.3, -0.25) is 0 Å². The van der Waals surface area contributed by atoms with Gasteiger partial charge in [0.25, 0.3) is 0 Å². The smallest absolute Gasteiger partial charge is 0.334 e. The van der Waals surface area contributed by atoms with Crippen molar-refractivity contribution in [1.29, 1.82) is 0 Å². The number of methoxy groups -OCH3 is 2. The fourth-order valence-electron chi connectivity index (χ4n) is 1.18. The van der Waals surface area contributed by atoms with Gasteiger partial charge < -0.3 is 9.47 Å². The molecule has 1 aromatic carbocycles. The van der Waals surface area contributed by atoms with Crippen molar-refractivity contribution in [2.45, 2.75) is 0 Å². The number of hydrogen-bond acceptors (Lipinski definition) is 3. The summed E-state index contributed by atoms with van der Waals surface area (Å²) in [6, 6.07) is 7.44. The number of hydrogen-bond donors (Lipinski definition) is 0. The van der Waals surface area contributed by atoms with E-state index >= 15 is 0 Å². The molecular formula is C12H13BrO3. The maximum absolute atomic E-state index is 11.3. The number of rotatable bonds is 4. The summed E-state index contributed by atoms with van der Waals surface area (Å²) < 4.78 is 9.71. The topological polar surface area (TPSA) is 35.5 Å². The predicted molar refractivity (Wildman–Crippen MR) is 66.8 cm³/mol. The maximum Gasteiger partial charge on any atom is 0.334 e. The molecule has 0 radical (unpaired) electrons. The van der Waals surface area contributed by atoms with Crippen molar-refractivity contribution in [3.8, 4) is 5.75 Å². The lowest BCUT2D eigenvalue weighted by atomic mass is 10.1. The number of esters is 1. The van der Waals surface area contributed by atoms with Crippen LogP contribution in [0.2, 0.25) is 0 Å². The second-order valence-electron chi connectivity index (χ2n) is 3.07. The van der Waals surface area contributed by atoms with Gasteiger partial charge in [-0.05, 0) is 23.8 Å². The molecule has 1 aromatic rings. The van der Waals surface area contributed by atoms with Crippen LogP contribution < -0.4 is 4.74 Å². The van der Waals surface area contributed by atoms with Crippen LogP contribution in [0.1, 0.15) is 5.56 Å². The van der Waals surface area contributed by atoms with Gasteiger partial charge in [-0.1, -0.05) is 28.1 Å². The Kier molecular flexibility index (Phi) is 5.05. The third kappa shape index (κ3) is 3.38. The van der Waals surface area contributed by atoms with E-state index in [9.17, 15) is 4.79 Å². The van der Waals surface area contributed by atoms with Gasteiger partial charge in [0.05, 0.1) is 14.2 Å². The van der Waals surface area contributed by atoms with E-state index in [1.54, 1.807) is 13.2 Å². The molecule has 0 aliphatic rings. The van der Waals surface area contributed by atoms with Gasteiger partial charge in [-0.25, -0.2) is 4.79 Å². The fourth-order valence-corrected chi connectivity index (χ4v) is 1.58. The molecule has 0 saturated heterocycles. The molecule has 86 valence electrons. The summed E-state index contributed by atoms with van der Waals surface area (Å²) in [5.41, 5.74) is 1.51. The summed E-state index contributed by atoms with van der Waals surface area (Å²) in [5.74, 6) is 0.461. The summed E-state index contributed by atoms with van der Waals surface area (Å²) >= 11 is 3.25. The summed E-state index contributed by atoms with van der Waals surface area (Å²) in [5, 5.41) is 0.464. The van der Waals surface area contributed by atoms with Crippen molar-refractivity contribution < 1.29 is 14.3 Å². The molecule has 0 aliphatic carbocycles. The molecule has 0 heterocycles. The first kappa shape index (κ1) is 12.8. The fraction of sp³-hybridized carbons (Fsp3) is 0.250. The highest BCUT2D eigenvalue weighted by Crippen LogP contribution is 2.15. The zero-order valence-electron chi connectivity index (χ0n) is 9.20. The van der Waals surface area contributed by atoms with Crippen molar-refractivity contribution in [3.63, 3.8) is 0 Å². The van der Waals surface area contributed by atoms with Crippen molar-refractivity contribution in [3.05, 3.63) is 35.4 Å². The number of halogens is 1. The lowest BCUT2D eigenvalue weighted by Gasteiger charge is -2.02. The normalized spacial score (nSPS) is 11.1. The molecule has 3 nitrogen and oxygen atoms in total. The highest BCUT2D eigenvalue weighted by Gasteiger charge is 2.07. The SMILES string of the molecule is COC(=O)/C(=C/c1ccc(OC)cc1)CBr. The summed E-state index contributed by atoms with van der Waals surface area (Å²) in [6.07, 6.45) is 1.78. The van der Waals surface area contributed by atoms with Gasteiger partial charge in [0.15, 0.2) is 0 Å². The van der Waals surface area contributed by atoms with Crippen LogP contribution >= 0.6 is 15.9 Å². The lowest BCUT2D eigenvalue weighted by Crippen LogP contribution is -2.05. The Morgan fingerprint density at radius 1 is 1.31 bits per heavy atom. The van der Waals surface area contributed by atoms with E-state index in [1.165, 1.54) is 7.11 Å². The highest BCUT2D eigenvalue weighted by atomic mass is 79.9. The lowest BCUT2D eigenvalue weighted by molar-refractivity contribution is -0.135. The van der Waals surface area contributed by atoms with E-state index < -0.39 is 0 Å². The second-order valence-corrected chi connectivity index (χ2v) is 3.63. The molecule has 0 aliphatic heterocycles. The zero-order chi connectivity index (χ0) is 12.0. The number of alkyl halides is 1. The molecule has 1 rings (SSSR count). The van der Waals surface area contributed by atoms with E-state index in [1.807, 2.05) is 24.3 Å². The number of carbonyl (C=O) groups is 1. The zero-order valence-corrected chi connectivity index (χ0v) is 10.8. The van der Waals surface area contributed by atoms with Crippen molar-refractivity contribution in [2.75, 3.05) is 19.5 Å². The van der Waals surface area contributed by atoms with Gasteiger partial charge >= 0.3 is 5.97 Å². The van der Waals surface area contributed by atoms with Crippen LogP contribution in [0.25, 0.3) is 6.08 Å². The van der Waals surface area contributed by atoms with Gasteiger partial charge in [-0.2, -0.15) is 0 Å². The molecule has 0 fully saturated rings. The summed E-state index contributed by atoms with van der Waals surface area (Å²) in [6.45, 7) is 0.